The molecule has 0 bridgehead atoms. The summed E-state index contributed by atoms with van der Waals surface area (Å²) >= 11 is 0. The number of hydrogen-bond acceptors (Lipinski definition) is 6. The van der Waals surface area contributed by atoms with Gasteiger partial charge >= 0.3 is 0 Å². The maximum Gasteiger partial charge on any atom is 0.247 e. The van der Waals surface area contributed by atoms with Crippen LogP contribution in [0.1, 0.15) is 31.2 Å². The van der Waals surface area contributed by atoms with Gasteiger partial charge in [0.15, 0.2) is 5.82 Å². The van der Waals surface area contributed by atoms with E-state index in [2.05, 4.69) is 30.4 Å². The van der Waals surface area contributed by atoms with E-state index < -0.39 is 0 Å². The molecule has 1 aliphatic heterocycles. The number of hydrogen-bond donors (Lipinski definition) is 1. The molecule has 0 aromatic carbocycles. The normalized spacial score (nSPS) is 15.5. The number of aromatic nitrogens is 4. The van der Waals surface area contributed by atoms with E-state index in [0.29, 0.717) is 6.54 Å². The fourth-order valence-electron chi connectivity index (χ4n) is 2.48. The largest absolute Gasteiger partial charge is 0.365 e. The van der Waals surface area contributed by atoms with E-state index in [1.165, 1.54) is 31.2 Å². The van der Waals surface area contributed by atoms with Crippen molar-refractivity contribution in [2.75, 3.05) is 23.3 Å². The number of anilines is 2. The Hall–Kier alpha value is -2.24. The molecule has 2 aromatic rings. The highest BCUT2D eigenvalue weighted by Gasteiger charge is 2.13. The van der Waals surface area contributed by atoms with Crippen molar-refractivity contribution in [3.05, 3.63) is 36.3 Å². The van der Waals surface area contributed by atoms with E-state index in [-0.39, 0.29) is 0 Å². The van der Waals surface area contributed by atoms with Crippen LogP contribution in [-0.2, 0) is 6.54 Å². The van der Waals surface area contributed by atoms with Crippen molar-refractivity contribution in [1.82, 2.24) is 20.2 Å². The fraction of sp³-hybridized carbons (Fsp3) is 0.467. The van der Waals surface area contributed by atoms with Crippen molar-refractivity contribution >= 4 is 11.8 Å². The Kier molecular flexibility index (Phi) is 4.55. The summed E-state index contributed by atoms with van der Waals surface area (Å²) in [6.07, 6.45) is 10.3. The summed E-state index contributed by atoms with van der Waals surface area (Å²) in [6, 6.07) is 3.97. The lowest BCUT2D eigenvalue weighted by Gasteiger charge is -2.19. The Morgan fingerprint density at radius 1 is 1.05 bits per heavy atom. The molecule has 3 heterocycles. The predicted octanol–water partition coefficient (Wildman–Crippen LogP) is 2.26. The highest BCUT2D eigenvalue weighted by Crippen LogP contribution is 2.16. The van der Waals surface area contributed by atoms with Crippen molar-refractivity contribution in [2.45, 2.75) is 32.2 Å². The molecule has 0 aliphatic carbocycles. The van der Waals surface area contributed by atoms with Crippen molar-refractivity contribution in [3.8, 4) is 0 Å². The number of nitrogens with zero attached hydrogens (tertiary/aromatic N) is 5. The molecule has 1 aliphatic rings. The van der Waals surface area contributed by atoms with Crippen LogP contribution in [0.2, 0.25) is 0 Å². The summed E-state index contributed by atoms with van der Waals surface area (Å²) in [6.45, 7) is 2.76. The van der Waals surface area contributed by atoms with E-state index in [1.54, 1.807) is 18.6 Å². The summed E-state index contributed by atoms with van der Waals surface area (Å²) in [5.74, 6) is 1.50. The van der Waals surface area contributed by atoms with Crippen LogP contribution in [0.3, 0.4) is 0 Å². The molecule has 1 N–H and O–H groups in total. The van der Waals surface area contributed by atoms with E-state index >= 15 is 0 Å². The molecule has 110 valence electrons. The van der Waals surface area contributed by atoms with Gasteiger partial charge < -0.3 is 10.2 Å². The molecule has 0 saturated carbocycles. The SMILES string of the molecule is c1cc(CNc2cnnc(N3CCCCCC3)n2)ccn1. The molecule has 0 atom stereocenters. The van der Waals surface area contributed by atoms with E-state index in [1.807, 2.05) is 12.1 Å². The van der Waals surface area contributed by atoms with Gasteiger partial charge in [-0.3, -0.25) is 4.98 Å². The topological polar surface area (TPSA) is 66.8 Å². The van der Waals surface area contributed by atoms with Crippen molar-refractivity contribution < 1.29 is 0 Å². The van der Waals surface area contributed by atoms with E-state index in [0.717, 1.165) is 24.9 Å². The van der Waals surface area contributed by atoms with Crippen molar-refractivity contribution in [2.24, 2.45) is 0 Å². The van der Waals surface area contributed by atoms with Gasteiger partial charge in [-0.15, -0.1) is 5.10 Å². The van der Waals surface area contributed by atoms with Crippen molar-refractivity contribution in [1.29, 1.82) is 0 Å². The summed E-state index contributed by atoms with van der Waals surface area (Å²) in [7, 11) is 0. The minimum Gasteiger partial charge on any atom is -0.365 e. The molecular formula is C15H20N6. The standard InChI is InChI=1S/C15H20N6/c1-2-4-10-21(9-3-1)15-19-14(12-18-20-15)17-11-13-5-7-16-8-6-13/h5-8,12H,1-4,9-11H2,(H,17,19,20). The first kappa shape index (κ1) is 13.7. The van der Waals surface area contributed by atoms with E-state index in [9.17, 15) is 0 Å². The molecular weight excluding hydrogens is 264 g/mol. The van der Waals surface area contributed by atoms with Gasteiger partial charge in [-0.05, 0) is 30.5 Å². The van der Waals surface area contributed by atoms with Crippen LogP contribution in [0.15, 0.2) is 30.7 Å². The molecule has 0 radical (unpaired) electrons. The first-order valence-corrected chi connectivity index (χ1v) is 7.49. The van der Waals surface area contributed by atoms with Crippen LogP contribution in [0.25, 0.3) is 0 Å². The number of nitrogens with one attached hydrogen (secondary N) is 1. The Balaban J connectivity index is 1.65. The average Bonchev–Trinajstić information content (AvgIpc) is 2.83. The lowest BCUT2D eigenvalue weighted by atomic mass is 10.2. The lowest BCUT2D eigenvalue weighted by molar-refractivity contribution is 0.726. The molecule has 1 fully saturated rings. The fourth-order valence-corrected chi connectivity index (χ4v) is 2.48. The lowest BCUT2D eigenvalue weighted by Crippen LogP contribution is -2.26. The van der Waals surface area contributed by atoms with Crippen LogP contribution in [0.5, 0.6) is 0 Å². The minimum absolute atomic E-state index is 0.709. The van der Waals surface area contributed by atoms with Crippen LogP contribution < -0.4 is 10.2 Å². The average molecular weight is 284 g/mol. The first-order chi connectivity index (χ1) is 10.4. The maximum absolute atomic E-state index is 4.58. The number of rotatable bonds is 4. The zero-order valence-electron chi connectivity index (χ0n) is 12.1. The van der Waals surface area contributed by atoms with Crippen LogP contribution >= 0.6 is 0 Å². The second-order valence-corrected chi connectivity index (χ2v) is 5.25. The summed E-state index contributed by atoms with van der Waals surface area (Å²) < 4.78 is 0. The molecule has 0 spiro atoms. The van der Waals surface area contributed by atoms with Crippen LogP contribution in [0.4, 0.5) is 11.8 Å². The Morgan fingerprint density at radius 3 is 2.57 bits per heavy atom. The van der Waals surface area contributed by atoms with Gasteiger partial charge in [-0.1, -0.05) is 12.8 Å². The Bertz CT molecular complexity index is 551. The van der Waals surface area contributed by atoms with Crippen molar-refractivity contribution in [3.63, 3.8) is 0 Å². The molecule has 2 aromatic heterocycles. The summed E-state index contributed by atoms with van der Waals surface area (Å²) in [4.78, 5) is 10.8. The Labute approximate surface area is 124 Å². The summed E-state index contributed by atoms with van der Waals surface area (Å²) in [5, 5.41) is 11.5. The van der Waals surface area contributed by atoms with Gasteiger partial charge in [-0.2, -0.15) is 10.1 Å². The number of pyridine rings is 1. The predicted molar refractivity (Wildman–Crippen MR) is 82.1 cm³/mol. The third kappa shape index (κ3) is 3.87. The van der Waals surface area contributed by atoms with Gasteiger partial charge in [0.1, 0.15) is 0 Å². The van der Waals surface area contributed by atoms with Gasteiger partial charge in [-0.25, -0.2) is 0 Å². The second kappa shape index (κ2) is 6.97. The first-order valence-electron chi connectivity index (χ1n) is 7.49. The van der Waals surface area contributed by atoms with E-state index in [4.69, 9.17) is 0 Å². The molecule has 6 nitrogen and oxygen atoms in total. The monoisotopic (exact) mass is 284 g/mol. The highest BCUT2D eigenvalue weighted by atomic mass is 15.3. The Morgan fingerprint density at radius 2 is 1.81 bits per heavy atom. The van der Waals surface area contributed by atoms with Gasteiger partial charge in [0.25, 0.3) is 0 Å². The van der Waals surface area contributed by atoms with Crippen LogP contribution in [-0.4, -0.2) is 33.3 Å². The highest BCUT2D eigenvalue weighted by molar-refractivity contribution is 5.39. The van der Waals surface area contributed by atoms with Gasteiger partial charge in [0.2, 0.25) is 5.95 Å². The third-order valence-corrected chi connectivity index (χ3v) is 3.66. The molecule has 21 heavy (non-hydrogen) atoms. The maximum atomic E-state index is 4.58. The van der Waals surface area contributed by atoms with Gasteiger partial charge in [0, 0.05) is 32.0 Å². The third-order valence-electron chi connectivity index (χ3n) is 3.66. The second-order valence-electron chi connectivity index (χ2n) is 5.25. The molecule has 3 rings (SSSR count). The van der Waals surface area contributed by atoms with Crippen LogP contribution in [0, 0.1) is 0 Å². The minimum atomic E-state index is 0.709. The quantitative estimate of drug-likeness (QED) is 0.929. The smallest absolute Gasteiger partial charge is 0.247 e. The molecule has 0 amide bonds. The molecule has 1 saturated heterocycles. The molecule has 6 heteroatoms. The zero-order chi connectivity index (χ0) is 14.3. The zero-order valence-corrected chi connectivity index (χ0v) is 12.1. The van der Waals surface area contributed by atoms with Gasteiger partial charge in [0.05, 0.1) is 6.20 Å². The molecule has 0 unspecified atom stereocenters. The summed E-state index contributed by atoms with van der Waals surface area (Å²) in [5.41, 5.74) is 1.17.